The van der Waals surface area contributed by atoms with Crippen LogP contribution in [0.2, 0.25) is 0 Å². The normalized spacial score (nSPS) is 32.4. The molecule has 0 saturated carbocycles. The molecule has 4 bridgehead atoms. The quantitative estimate of drug-likeness (QED) is 0.0874. The Labute approximate surface area is 426 Å². The number of carbonyl (C=O) groups is 3. The van der Waals surface area contributed by atoms with Gasteiger partial charge in [-0.15, -0.1) is 0 Å². The molecule has 4 heterocycles. The zero-order valence-electron chi connectivity index (χ0n) is 43.5. The number of ether oxygens (including phenoxy) is 4. The molecule has 15 heteroatoms. The van der Waals surface area contributed by atoms with Crippen LogP contribution in [0, 0.1) is 30.6 Å². The lowest BCUT2D eigenvalue weighted by molar-refractivity contribution is -0.160. The Morgan fingerprint density at radius 3 is 2.05 bits per heavy atom. The summed E-state index contributed by atoms with van der Waals surface area (Å²) in [6, 6.07) is 20.1. The highest BCUT2D eigenvalue weighted by Gasteiger charge is 2.52. The number of Topliss-reactive ketones (excluding diaryl/α,β-unsaturated/α-hetero) is 1. The van der Waals surface area contributed by atoms with Crippen molar-refractivity contribution in [3.05, 3.63) is 130 Å². The number of nitrogens with zero attached hydrogens (tertiary/aromatic N) is 3. The first-order valence-corrected chi connectivity index (χ1v) is 25.5. The number of hydrogen-bond donors (Lipinski definition) is 5. The van der Waals surface area contributed by atoms with Gasteiger partial charge in [0.15, 0.2) is 11.4 Å². The average Bonchev–Trinajstić information content (AvgIpc) is 3.88. The van der Waals surface area contributed by atoms with Gasteiger partial charge in [0.25, 0.3) is 11.7 Å². The van der Waals surface area contributed by atoms with Crippen molar-refractivity contribution in [2.45, 2.75) is 136 Å². The van der Waals surface area contributed by atoms with Gasteiger partial charge in [-0.3, -0.25) is 29.3 Å². The molecule has 1 amide bonds. The van der Waals surface area contributed by atoms with Crippen LogP contribution >= 0.6 is 0 Å². The lowest BCUT2D eigenvalue weighted by Crippen LogP contribution is -2.46. The molecule has 4 aliphatic rings. The van der Waals surface area contributed by atoms with Crippen molar-refractivity contribution in [1.82, 2.24) is 4.90 Å². The van der Waals surface area contributed by atoms with Crippen molar-refractivity contribution >= 4 is 34.1 Å². The van der Waals surface area contributed by atoms with Crippen LogP contribution in [-0.4, -0.2) is 92.5 Å². The monoisotopic (exact) mass is 999 g/mol. The fourth-order valence-electron chi connectivity index (χ4n) is 11.3. The number of carbonyl (C=O) groups excluding carboxylic acids is 3. The summed E-state index contributed by atoms with van der Waals surface area (Å²) in [4.78, 5) is 55.6. The molecule has 4 aromatic carbocycles. The number of fused-ring (bicyclic) bond motifs is 1. The highest BCUT2D eigenvalue weighted by molar-refractivity contribution is 6.19. The highest BCUT2D eigenvalue weighted by atomic mass is 16.7. The van der Waals surface area contributed by atoms with Gasteiger partial charge in [0.1, 0.15) is 28.6 Å². The Kier molecular flexibility index (Phi) is 15.4. The van der Waals surface area contributed by atoms with E-state index in [1.165, 1.54) is 27.2 Å². The number of nitrogens with one attached hydrogen (secondary N) is 1. The smallest absolute Gasteiger partial charge is 0.312 e. The first kappa shape index (κ1) is 52.9. The van der Waals surface area contributed by atoms with E-state index < -0.39 is 88.7 Å². The molecular formula is C58H70N4O11. The Hall–Kier alpha value is -6.39. The highest BCUT2D eigenvalue weighted by Crippen LogP contribution is 2.52. The maximum atomic E-state index is 15.2. The number of phenolic OH excluding ortho intramolecular Hbond substituents is 2. The minimum atomic E-state index is -2.01. The fraction of sp³-hybridized carbons (Fsp3) is 0.466. The number of hydrogen-bond acceptors (Lipinski definition) is 14. The Balaban J connectivity index is 1.35. The van der Waals surface area contributed by atoms with Gasteiger partial charge in [-0.2, -0.15) is 0 Å². The summed E-state index contributed by atoms with van der Waals surface area (Å²) >= 11 is 0. The van der Waals surface area contributed by atoms with Crippen molar-refractivity contribution in [3.63, 3.8) is 0 Å². The summed E-state index contributed by atoms with van der Waals surface area (Å²) in [5.74, 6) is -7.17. The van der Waals surface area contributed by atoms with Gasteiger partial charge in [0, 0.05) is 86.1 Å². The second-order valence-corrected chi connectivity index (χ2v) is 20.6. The second kappa shape index (κ2) is 21.2. The van der Waals surface area contributed by atoms with Gasteiger partial charge in [-0.05, 0) is 44.0 Å². The number of phenols is 2. The van der Waals surface area contributed by atoms with Crippen LogP contribution in [0.4, 0.5) is 5.69 Å². The fourth-order valence-corrected chi connectivity index (χ4v) is 11.3. The molecule has 73 heavy (non-hydrogen) atoms. The third-order valence-corrected chi connectivity index (χ3v) is 15.6. The van der Waals surface area contributed by atoms with Gasteiger partial charge in [0.2, 0.25) is 0 Å². The predicted molar refractivity (Wildman–Crippen MR) is 276 cm³/mol. The van der Waals surface area contributed by atoms with E-state index >= 15 is 4.79 Å². The minimum Gasteiger partial charge on any atom is -0.507 e. The summed E-state index contributed by atoms with van der Waals surface area (Å²) in [7, 11) is 1.47. The van der Waals surface area contributed by atoms with E-state index in [1.54, 1.807) is 65.8 Å². The largest absolute Gasteiger partial charge is 0.507 e. The molecular weight excluding hydrogens is 929 g/mol. The van der Waals surface area contributed by atoms with Crippen LogP contribution < -0.4 is 20.8 Å². The van der Waals surface area contributed by atoms with Crippen LogP contribution in [0.25, 0.3) is 10.8 Å². The lowest BCUT2D eigenvalue weighted by Gasteiger charge is -2.48. The number of unbranched alkanes of at least 4 members (excludes halogenated alkanes) is 1. The molecule has 12 atom stereocenters. The third-order valence-electron chi connectivity index (χ3n) is 15.6. The van der Waals surface area contributed by atoms with Crippen molar-refractivity contribution in [2.24, 2.45) is 33.7 Å². The van der Waals surface area contributed by atoms with Crippen LogP contribution in [0.1, 0.15) is 120 Å². The van der Waals surface area contributed by atoms with Gasteiger partial charge in [0.05, 0.1) is 40.9 Å². The molecule has 1 fully saturated rings. The zero-order valence-corrected chi connectivity index (χ0v) is 43.5. The lowest BCUT2D eigenvalue weighted by atomic mass is 9.78. The average molecular weight is 999 g/mol. The molecule has 4 aromatic rings. The molecule has 1 saturated heterocycles. The third kappa shape index (κ3) is 9.92. The first-order chi connectivity index (χ1) is 34.8. The maximum absolute atomic E-state index is 15.2. The predicted octanol–water partition coefficient (Wildman–Crippen LogP) is 8.38. The van der Waals surface area contributed by atoms with E-state index in [2.05, 4.69) is 41.4 Å². The Morgan fingerprint density at radius 1 is 0.849 bits per heavy atom. The summed E-state index contributed by atoms with van der Waals surface area (Å²) in [5.41, 5.74) is 1.24. The van der Waals surface area contributed by atoms with E-state index in [1.807, 2.05) is 36.4 Å². The minimum absolute atomic E-state index is 0.0109. The van der Waals surface area contributed by atoms with Crippen LogP contribution in [0.15, 0.2) is 107 Å². The van der Waals surface area contributed by atoms with Gasteiger partial charge >= 0.3 is 11.8 Å². The summed E-state index contributed by atoms with van der Waals surface area (Å²) in [6.07, 6.45) is 6.65. The first-order valence-electron chi connectivity index (χ1n) is 25.5. The van der Waals surface area contributed by atoms with Gasteiger partial charge in [-0.1, -0.05) is 120 Å². The number of likely N-dealkylation sites (tertiary alicyclic amines) is 1. The number of anilines is 1. The Bertz CT molecular complexity index is 2930. The number of methoxy groups -OCH3 is 1. The van der Waals surface area contributed by atoms with E-state index in [9.17, 15) is 30.0 Å². The number of rotatable bonds is 7. The van der Waals surface area contributed by atoms with Crippen molar-refractivity contribution in [3.8, 4) is 17.2 Å². The molecule has 0 aromatic heterocycles. The van der Waals surface area contributed by atoms with E-state index in [-0.39, 0.29) is 61.7 Å². The number of aromatic hydroxyl groups is 2. The number of aliphatic hydroxyl groups is 2. The summed E-state index contributed by atoms with van der Waals surface area (Å²) in [6.45, 7) is 15.9. The van der Waals surface area contributed by atoms with Gasteiger partial charge in [-0.25, -0.2) is 0 Å². The number of ketones is 1. The molecule has 8 rings (SSSR count). The molecule has 0 aliphatic carbocycles. The van der Waals surface area contributed by atoms with Crippen molar-refractivity contribution in [2.75, 3.05) is 19.0 Å². The van der Waals surface area contributed by atoms with Crippen LogP contribution in [0.3, 0.4) is 0 Å². The molecule has 388 valence electrons. The van der Waals surface area contributed by atoms with Crippen molar-refractivity contribution in [1.29, 1.82) is 0 Å². The molecule has 1 unspecified atom stereocenters. The summed E-state index contributed by atoms with van der Waals surface area (Å²) in [5, 5.41) is 51.3. The number of esters is 1. The number of amides is 1. The van der Waals surface area contributed by atoms with Crippen LogP contribution in [0.5, 0.6) is 17.2 Å². The maximum Gasteiger partial charge on any atom is 0.312 e. The van der Waals surface area contributed by atoms with E-state index in [0.717, 1.165) is 30.5 Å². The number of benzene rings is 4. The zero-order chi connectivity index (χ0) is 52.7. The SMILES string of the molecule is CCCCN1[C@@H](c2ccccc2)CC2(C[C@H]1c1ccccc1)N=c1c3c(O)c4c(O)c(C)c5c(c4c1=N2)C(=O)[C@@](C)(O/C=C\[C@H](OC)[C@@H](C)[C@@H](OC(C)=O)[C@@H](C)[C@@H](O)[C@H](C)[C@@H](O)[C@@H](C)/C=C\C=C(/C)C(=O)N3)O5. The van der Waals surface area contributed by atoms with Gasteiger partial charge < -0.3 is 44.7 Å². The summed E-state index contributed by atoms with van der Waals surface area (Å²) < 4.78 is 24.4. The molecule has 4 aliphatic heterocycles. The van der Waals surface area contributed by atoms with Crippen molar-refractivity contribution < 1.29 is 53.8 Å². The molecule has 15 nitrogen and oxygen atoms in total. The van der Waals surface area contributed by atoms with E-state index in [4.69, 9.17) is 28.9 Å². The van der Waals surface area contributed by atoms with Crippen LogP contribution in [-0.2, 0) is 23.8 Å². The standard InChI is InChI=1S/C58H70N4O11/c1-11-12-27-62-40(38-22-15-13-16-23-38)29-58(30-41(62)39-24-17-14-18-25-39)60-46-43-44-51(66)36(7)54-45(43)55(68)57(9,73-54)71-28-26-42(70-10)33(4)53(72-37(8)63)35(6)50(65)34(5)49(64)31(2)20-19-21-32(3)56(69)59-48(52(44)67)47(46)61-58/h13-26,28,31,33-35,40-42,49-50,53,64-67H,11-12,27,29-30H2,1-10H3,(H,59,69)/b20-19-,28-26-,32-21+/t31-,33+,34+,35-,40-,41+,42-,49-,50-,53+,57-,58?/m0/s1. The second-order valence-electron chi connectivity index (χ2n) is 20.6. The Morgan fingerprint density at radius 2 is 1.47 bits per heavy atom. The van der Waals surface area contributed by atoms with E-state index in [0.29, 0.717) is 12.8 Å². The molecule has 1 spiro atoms. The molecule has 0 radical (unpaired) electrons. The topological polar surface area (TPSA) is 209 Å². The molecule has 5 N–H and O–H groups in total. The number of allylic oxidation sites excluding steroid dienone is 2. The number of aliphatic hydroxyl groups excluding tert-OH is 2. The number of piperidine rings is 1.